The van der Waals surface area contributed by atoms with Crippen LogP contribution in [0, 0.1) is 0 Å². The van der Waals surface area contributed by atoms with Gasteiger partial charge in [0.2, 0.25) is 0 Å². The summed E-state index contributed by atoms with van der Waals surface area (Å²) in [5.41, 5.74) is 2.12. The van der Waals surface area contributed by atoms with Crippen molar-refractivity contribution < 1.29 is 9.47 Å². The fourth-order valence-electron chi connectivity index (χ4n) is 1.62. The van der Waals surface area contributed by atoms with Gasteiger partial charge < -0.3 is 9.47 Å². The Morgan fingerprint density at radius 2 is 1.80 bits per heavy atom. The predicted octanol–water partition coefficient (Wildman–Crippen LogP) is 4.35. The van der Waals surface area contributed by atoms with E-state index < -0.39 is 0 Å². The molecule has 1 aromatic rings. The van der Waals surface area contributed by atoms with Crippen LogP contribution in [0.15, 0.2) is 16.5 Å². The molecule has 0 aliphatic rings. The Morgan fingerprint density at radius 1 is 1.20 bits per heavy atom. The Morgan fingerprint density at radius 3 is 2.30 bits per heavy atom. The van der Waals surface area contributed by atoms with Crippen LogP contribution in [0.2, 0.25) is 0 Å². The molecule has 0 saturated heterocycles. The minimum absolute atomic E-state index is 0.0969. The van der Waals surface area contributed by atoms with E-state index in [0.29, 0.717) is 17.4 Å². The third kappa shape index (κ3) is 5.25. The highest BCUT2D eigenvalue weighted by molar-refractivity contribution is 7.99. The van der Waals surface area contributed by atoms with Crippen LogP contribution in [-0.2, 0) is 6.42 Å². The number of alkyl halides is 1. The smallest absolute Gasteiger partial charge is 0.161 e. The fraction of sp³-hybridized carbons (Fsp3) is 0.533. The first-order chi connectivity index (χ1) is 9.41. The van der Waals surface area contributed by atoms with Crippen LogP contribution in [0.1, 0.15) is 31.9 Å². The highest BCUT2D eigenvalue weighted by Crippen LogP contribution is 2.31. The topological polar surface area (TPSA) is 30.8 Å². The van der Waals surface area contributed by atoms with Crippen LogP contribution < -0.4 is 9.47 Å². The summed E-state index contributed by atoms with van der Waals surface area (Å²) in [4.78, 5) is 0. The van der Waals surface area contributed by atoms with Crippen molar-refractivity contribution in [3.05, 3.63) is 23.3 Å². The molecule has 0 atom stereocenters. The molecule has 0 N–H and O–H groups in total. The van der Waals surface area contributed by atoms with Gasteiger partial charge >= 0.3 is 0 Å². The van der Waals surface area contributed by atoms with Gasteiger partial charge in [0.25, 0.3) is 0 Å². The number of nitrogens with zero attached hydrogens (tertiary/aromatic N) is 1. The van der Waals surface area contributed by atoms with Gasteiger partial charge in [0, 0.05) is 22.4 Å². The summed E-state index contributed by atoms with van der Waals surface area (Å²) >= 11 is 7.41. The summed E-state index contributed by atoms with van der Waals surface area (Å²) < 4.78 is 15.2. The number of benzene rings is 1. The monoisotopic (exact) mass is 315 g/mol. The quantitative estimate of drug-likeness (QED) is 0.444. The minimum Gasteiger partial charge on any atom is -0.493 e. The Labute approximate surface area is 130 Å². The summed E-state index contributed by atoms with van der Waals surface area (Å²) in [5.74, 6) is 1.98. The molecule has 20 heavy (non-hydrogen) atoms. The van der Waals surface area contributed by atoms with E-state index in [2.05, 4.69) is 25.2 Å². The molecule has 0 aliphatic heterocycles. The lowest BCUT2D eigenvalue weighted by Gasteiger charge is -2.14. The molecule has 0 unspecified atom stereocenters. The van der Waals surface area contributed by atoms with E-state index in [-0.39, 0.29) is 4.75 Å². The summed E-state index contributed by atoms with van der Waals surface area (Å²) in [6.45, 7) is 6.38. The van der Waals surface area contributed by atoms with Gasteiger partial charge in [0.1, 0.15) is 0 Å². The molecule has 0 amide bonds. The highest BCUT2D eigenvalue weighted by Gasteiger charge is 2.12. The predicted molar refractivity (Wildman–Crippen MR) is 88.9 cm³/mol. The second kappa shape index (κ2) is 7.79. The molecule has 0 heterocycles. The number of methoxy groups -OCH3 is 2. The average Bonchev–Trinajstić information content (AvgIpc) is 2.38. The lowest BCUT2D eigenvalue weighted by Crippen LogP contribution is -2.05. The number of ether oxygens (including phenoxy) is 2. The lowest BCUT2D eigenvalue weighted by atomic mass is 10.0. The number of aryl methyl sites for hydroxylation is 1. The van der Waals surface area contributed by atoms with Crippen LogP contribution in [0.25, 0.3) is 0 Å². The Kier molecular flexibility index (Phi) is 6.69. The molecule has 1 aromatic carbocycles. The van der Waals surface area contributed by atoms with Crippen LogP contribution in [0.3, 0.4) is 0 Å². The number of hydrogen-bond acceptors (Lipinski definition) is 4. The van der Waals surface area contributed by atoms with Gasteiger partial charge in [-0.1, -0.05) is 0 Å². The number of halogens is 1. The minimum atomic E-state index is 0.0969. The Balaban J connectivity index is 3.08. The highest BCUT2D eigenvalue weighted by atomic mass is 35.5. The molecule has 1 rings (SSSR count). The fourth-order valence-corrected chi connectivity index (χ4v) is 2.30. The lowest BCUT2D eigenvalue weighted by molar-refractivity contribution is 0.354. The zero-order chi connectivity index (χ0) is 15.2. The van der Waals surface area contributed by atoms with Gasteiger partial charge in [-0.25, -0.2) is 4.40 Å². The zero-order valence-electron chi connectivity index (χ0n) is 12.7. The van der Waals surface area contributed by atoms with E-state index in [0.717, 1.165) is 17.5 Å². The maximum atomic E-state index is 5.86. The van der Waals surface area contributed by atoms with Crippen molar-refractivity contribution in [2.45, 2.75) is 31.9 Å². The van der Waals surface area contributed by atoms with Gasteiger partial charge in [-0.2, -0.15) is 0 Å². The first-order valence-corrected chi connectivity index (χ1v) is 7.74. The summed E-state index contributed by atoms with van der Waals surface area (Å²) in [5, 5.41) is 0. The largest absolute Gasteiger partial charge is 0.493 e. The molecule has 3 nitrogen and oxygen atoms in total. The number of hydrogen-bond donors (Lipinski definition) is 0. The Bertz CT molecular complexity index is 470. The molecule has 0 saturated carbocycles. The second-order valence-electron chi connectivity index (χ2n) is 5.28. The molecule has 112 valence electrons. The summed E-state index contributed by atoms with van der Waals surface area (Å²) in [7, 11) is 3.26. The van der Waals surface area contributed by atoms with Crippen molar-refractivity contribution in [2.75, 3.05) is 20.1 Å². The van der Waals surface area contributed by atoms with E-state index in [4.69, 9.17) is 21.1 Å². The van der Waals surface area contributed by atoms with E-state index in [9.17, 15) is 0 Å². The molecule has 0 aliphatic carbocycles. The van der Waals surface area contributed by atoms with Crippen molar-refractivity contribution >= 4 is 29.8 Å². The standard InChI is InChI=1S/C15H22ClNO2S/c1-15(2,3)20-17-10-12-9-14(19-5)13(18-4)8-11(12)6-7-16/h8-10H,6-7H2,1-5H3/b17-10+. The van der Waals surface area contributed by atoms with Crippen molar-refractivity contribution in [3.63, 3.8) is 0 Å². The Hall–Kier alpha value is -0.870. The van der Waals surface area contributed by atoms with Gasteiger partial charge in [-0.3, -0.25) is 0 Å². The molecular formula is C15H22ClNO2S. The van der Waals surface area contributed by atoms with E-state index in [1.807, 2.05) is 18.3 Å². The van der Waals surface area contributed by atoms with Gasteiger partial charge in [0.05, 0.1) is 14.2 Å². The zero-order valence-corrected chi connectivity index (χ0v) is 14.3. The van der Waals surface area contributed by atoms with Gasteiger partial charge in [0.15, 0.2) is 11.5 Å². The first kappa shape index (κ1) is 17.2. The number of rotatable bonds is 6. The first-order valence-electron chi connectivity index (χ1n) is 6.43. The third-order valence-electron chi connectivity index (χ3n) is 2.53. The van der Waals surface area contributed by atoms with Crippen LogP contribution in [-0.4, -0.2) is 31.1 Å². The molecule has 5 heteroatoms. The van der Waals surface area contributed by atoms with Crippen molar-refractivity contribution in [1.82, 2.24) is 0 Å². The van der Waals surface area contributed by atoms with Crippen LogP contribution in [0.5, 0.6) is 11.5 Å². The van der Waals surface area contributed by atoms with Crippen LogP contribution >= 0.6 is 23.5 Å². The van der Waals surface area contributed by atoms with Crippen molar-refractivity contribution in [3.8, 4) is 11.5 Å². The third-order valence-corrected chi connectivity index (χ3v) is 3.48. The molecule has 0 fully saturated rings. The van der Waals surface area contributed by atoms with Crippen LogP contribution in [0.4, 0.5) is 0 Å². The maximum Gasteiger partial charge on any atom is 0.161 e. The van der Waals surface area contributed by atoms with E-state index in [1.54, 1.807) is 26.2 Å². The molecule has 0 radical (unpaired) electrons. The van der Waals surface area contributed by atoms with E-state index in [1.165, 1.54) is 0 Å². The van der Waals surface area contributed by atoms with Crippen molar-refractivity contribution in [1.29, 1.82) is 0 Å². The van der Waals surface area contributed by atoms with E-state index >= 15 is 0 Å². The molecule has 0 bridgehead atoms. The molecule has 0 aromatic heterocycles. The normalized spacial score (nSPS) is 11.9. The summed E-state index contributed by atoms with van der Waals surface area (Å²) in [6, 6.07) is 3.90. The summed E-state index contributed by atoms with van der Waals surface area (Å²) in [6.07, 6.45) is 2.63. The van der Waals surface area contributed by atoms with Gasteiger partial charge in [-0.05, 0) is 56.8 Å². The maximum absolute atomic E-state index is 5.86. The average molecular weight is 316 g/mol. The SMILES string of the molecule is COc1cc(/C=N/SC(C)(C)C)c(CCCl)cc1OC. The second-order valence-corrected chi connectivity index (χ2v) is 7.28. The molecular weight excluding hydrogens is 294 g/mol. The van der Waals surface area contributed by atoms with Crippen molar-refractivity contribution in [2.24, 2.45) is 4.40 Å². The van der Waals surface area contributed by atoms with Gasteiger partial charge in [-0.15, -0.1) is 11.6 Å². The molecule has 0 spiro atoms.